The van der Waals surface area contributed by atoms with Gasteiger partial charge in [0, 0.05) is 23.2 Å². The van der Waals surface area contributed by atoms with Crippen LogP contribution in [-0.2, 0) is 0 Å². The van der Waals surface area contributed by atoms with Crippen LogP contribution in [0.3, 0.4) is 0 Å². The first-order valence-corrected chi connectivity index (χ1v) is 7.67. The Labute approximate surface area is 139 Å². The lowest BCUT2D eigenvalue weighted by Crippen LogP contribution is -2.32. The van der Waals surface area contributed by atoms with Gasteiger partial charge in [-0.3, -0.25) is 10.1 Å². The fraction of sp³-hybridized carbons (Fsp3) is 0.294. The van der Waals surface area contributed by atoms with Crippen LogP contribution in [0.25, 0.3) is 11.0 Å². The summed E-state index contributed by atoms with van der Waals surface area (Å²) < 4.78 is 1.86. The highest BCUT2D eigenvalue weighted by Gasteiger charge is 2.28. The molecule has 0 aliphatic heterocycles. The average molecular weight is 325 g/mol. The zero-order chi connectivity index (χ0) is 17.3. The van der Waals surface area contributed by atoms with Crippen LogP contribution in [0, 0.1) is 15.5 Å². The summed E-state index contributed by atoms with van der Waals surface area (Å²) in [6.45, 7) is 6.31. The molecule has 2 aromatic carbocycles. The first-order valence-electron chi connectivity index (χ1n) is 7.67. The first kappa shape index (κ1) is 15.9. The predicted octanol–water partition coefficient (Wildman–Crippen LogP) is 4.00. The molecule has 124 valence electrons. The monoisotopic (exact) mass is 325 g/mol. The second kappa shape index (κ2) is 5.92. The number of nitro groups is 1. The molecule has 0 radical (unpaired) electrons. The van der Waals surface area contributed by atoms with Crippen molar-refractivity contribution in [3.8, 4) is 0 Å². The number of benzene rings is 2. The van der Waals surface area contributed by atoms with Crippen LogP contribution in [0.15, 0.2) is 48.5 Å². The Morgan fingerprint density at radius 1 is 1.12 bits per heavy atom. The third-order valence-electron chi connectivity index (χ3n) is 3.82. The summed E-state index contributed by atoms with van der Waals surface area (Å²) >= 11 is 0. The average Bonchev–Trinajstić information content (AvgIpc) is 2.95. The summed E-state index contributed by atoms with van der Waals surface area (Å²) in [5.74, 6) is 0. The van der Waals surface area contributed by atoms with Crippen LogP contribution >= 0.6 is 0 Å². The minimum Gasteiger partial charge on any atom is -0.363 e. The molecule has 1 aromatic heterocycles. The summed E-state index contributed by atoms with van der Waals surface area (Å²) in [6, 6.07) is 14.2. The number of nitrogens with zero attached hydrogens (tertiary/aromatic N) is 4. The Balaban J connectivity index is 1.97. The summed E-state index contributed by atoms with van der Waals surface area (Å²) in [6.07, 6.45) is -0.161. The van der Waals surface area contributed by atoms with Crippen LogP contribution in [0.5, 0.6) is 0 Å². The number of fused-ring (bicyclic) bond motifs is 1. The minimum atomic E-state index is -0.407. The van der Waals surface area contributed by atoms with Crippen molar-refractivity contribution >= 4 is 22.4 Å². The van der Waals surface area contributed by atoms with Gasteiger partial charge in [0.2, 0.25) is 0 Å². The molecule has 0 saturated heterocycles. The van der Waals surface area contributed by atoms with Crippen LogP contribution in [-0.4, -0.2) is 19.9 Å². The molecule has 0 aliphatic rings. The van der Waals surface area contributed by atoms with Gasteiger partial charge in [0.25, 0.3) is 5.69 Å². The molecule has 7 heteroatoms. The van der Waals surface area contributed by atoms with Crippen molar-refractivity contribution in [3.05, 3.63) is 58.6 Å². The second-order valence-corrected chi connectivity index (χ2v) is 6.74. The number of rotatable bonds is 4. The lowest BCUT2D eigenvalue weighted by molar-refractivity contribution is -0.384. The summed E-state index contributed by atoms with van der Waals surface area (Å²) in [7, 11) is 0. The molecular formula is C17H19N5O2. The Morgan fingerprint density at radius 3 is 2.42 bits per heavy atom. The molecule has 1 N–H and O–H groups in total. The quantitative estimate of drug-likeness (QED) is 0.579. The SMILES string of the molecule is CC(C)(C)C(Nc1ccc([N+](=O)[O-])cc1)n1nnc2ccccc21. The maximum absolute atomic E-state index is 10.8. The number of hydrogen-bond donors (Lipinski definition) is 1. The maximum atomic E-state index is 10.8. The minimum absolute atomic E-state index is 0.0686. The highest BCUT2D eigenvalue weighted by atomic mass is 16.6. The standard InChI is InChI=1S/C17H19N5O2/c1-17(2,3)16(18-12-8-10-13(11-9-12)22(23)24)21-15-7-5-4-6-14(15)19-20-21/h4-11,16,18H,1-3H3. The third-order valence-corrected chi connectivity index (χ3v) is 3.82. The van der Waals surface area contributed by atoms with Crippen molar-refractivity contribution in [1.82, 2.24) is 15.0 Å². The maximum Gasteiger partial charge on any atom is 0.269 e. The first-order chi connectivity index (χ1) is 11.4. The molecule has 7 nitrogen and oxygen atoms in total. The number of non-ortho nitro benzene ring substituents is 1. The van der Waals surface area contributed by atoms with Gasteiger partial charge in [-0.2, -0.15) is 0 Å². The Morgan fingerprint density at radius 2 is 1.79 bits per heavy atom. The molecule has 3 rings (SSSR count). The molecule has 24 heavy (non-hydrogen) atoms. The van der Waals surface area contributed by atoms with E-state index in [1.54, 1.807) is 12.1 Å². The normalized spacial score (nSPS) is 13.0. The van der Waals surface area contributed by atoms with Gasteiger partial charge in [-0.25, -0.2) is 4.68 Å². The van der Waals surface area contributed by atoms with Crippen molar-refractivity contribution in [2.45, 2.75) is 26.9 Å². The highest BCUT2D eigenvalue weighted by molar-refractivity contribution is 5.74. The van der Waals surface area contributed by atoms with Crippen molar-refractivity contribution in [1.29, 1.82) is 0 Å². The van der Waals surface area contributed by atoms with E-state index in [9.17, 15) is 10.1 Å². The van der Waals surface area contributed by atoms with Gasteiger partial charge in [0.1, 0.15) is 11.7 Å². The van der Waals surface area contributed by atoms with Gasteiger partial charge in [-0.1, -0.05) is 38.1 Å². The van der Waals surface area contributed by atoms with Crippen LogP contribution < -0.4 is 5.32 Å². The fourth-order valence-corrected chi connectivity index (χ4v) is 2.56. The Kier molecular flexibility index (Phi) is 3.92. The molecule has 1 atom stereocenters. The van der Waals surface area contributed by atoms with Crippen molar-refractivity contribution in [3.63, 3.8) is 0 Å². The fourth-order valence-electron chi connectivity index (χ4n) is 2.56. The van der Waals surface area contributed by atoms with E-state index in [0.717, 1.165) is 16.7 Å². The van der Waals surface area contributed by atoms with Gasteiger partial charge >= 0.3 is 0 Å². The largest absolute Gasteiger partial charge is 0.363 e. The molecule has 1 heterocycles. The molecule has 0 aliphatic carbocycles. The van der Waals surface area contributed by atoms with Crippen LogP contribution in [0.4, 0.5) is 11.4 Å². The lowest BCUT2D eigenvalue weighted by Gasteiger charge is -2.32. The smallest absolute Gasteiger partial charge is 0.269 e. The number of para-hydroxylation sites is 1. The van der Waals surface area contributed by atoms with E-state index in [-0.39, 0.29) is 17.3 Å². The van der Waals surface area contributed by atoms with Gasteiger partial charge < -0.3 is 5.32 Å². The van der Waals surface area contributed by atoms with Crippen molar-refractivity contribution < 1.29 is 4.92 Å². The number of hydrogen-bond acceptors (Lipinski definition) is 5. The number of aromatic nitrogens is 3. The zero-order valence-corrected chi connectivity index (χ0v) is 13.8. The number of nitrogens with one attached hydrogen (secondary N) is 1. The third kappa shape index (κ3) is 3.05. The van der Waals surface area contributed by atoms with Gasteiger partial charge in [0.15, 0.2) is 0 Å². The lowest BCUT2D eigenvalue weighted by atomic mass is 9.92. The van der Waals surface area contributed by atoms with Gasteiger partial charge in [-0.05, 0) is 24.3 Å². The summed E-state index contributed by atoms with van der Waals surface area (Å²) in [5, 5.41) is 22.7. The van der Waals surface area contributed by atoms with Gasteiger partial charge in [0.05, 0.1) is 10.4 Å². The van der Waals surface area contributed by atoms with Gasteiger partial charge in [-0.15, -0.1) is 5.10 Å². The number of nitro benzene ring substituents is 1. The van der Waals surface area contributed by atoms with Crippen LogP contribution in [0.1, 0.15) is 26.9 Å². The van der Waals surface area contributed by atoms with E-state index in [4.69, 9.17) is 0 Å². The topological polar surface area (TPSA) is 85.9 Å². The molecule has 0 spiro atoms. The zero-order valence-electron chi connectivity index (χ0n) is 13.8. The van der Waals surface area contributed by atoms with E-state index in [0.29, 0.717) is 0 Å². The second-order valence-electron chi connectivity index (χ2n) is 6.74. The molecular weight excluding hydrogens is 306 g/mol. The molecule has 0 saturated carbocycles. The number of anilines is 1. The van der Waals surface area contributed by atoms with E-state index in [1.165, 1.54) is 12.1 Å². The Hall–Kier alpha value is -2.96. The molecule has 0 fully saturated rings. The highest BCUT2D eigenvalue weighted by Crippen LogP contribution is 2.33. The van der Waals surface area contributed by atoms with Crippen molar-refractivity contribution in [2.24, 2.45) is 5.41 Å². The summed E-state index contributed by atoms with van der Waals surface area (Å²) in [5.41, 5.74) is 2.47. The predicted molar refractivity (Wildman–Crippen MR) is 92.7 cm³/mol. The molecule has 3 aromatic rings. The molecule has 0 amide bonds. The molecule has 1 unspecified atom stereocenters. The van der Waals surface area contributed by atoms with E-state index < -0.39 is 4.92 Å². The van der Waals surface area contributed by atoms with E-state index in [2.05, 4.69) is 36.4 Å². The Bertz CT molecular complexity index is 865. The van der Waals surface area contributed by atoms with E-state index >= 15 is 0 Å². The van der Waals surface area contributed by atoms with Crippen LogP contribution in [0.2, 0.25) is 0 Å². The molecule has 0 bridgehead atoms. The van der Waals surface area contributed by atoms with Crippen molar-refractivity contribution in [2.75, 3.05) is 5.32 Å². The summed E-state index contributed by atoms with van der Waals surface area (Å²) in [4.78, 5) is 10.4. The van der Waals surface area contributed by atoms with E-state index in [1.807, 2.05) is 28.9 Å².